The van der Waals surface area contributed by atoms with Crippen LogP contribution in [0.5, 0.6) is 0 Å². The quantitative estimate of drug-likeness (QED) is 0.627. The van der Waals surface area contributed by atoms with Crippen molar-refractivity contribution in [2.75, 3.05) is 12.3 Å². The van der Waals surface area contributed by atoms with Crippen molar-refractivity contribution >= 4 is 21.9 Å². The second-order valence-corrected chi connectivity index (χ2v) is 9.44. The van der Waals surface area contributed by atoms with Crippen molar-refractivity contribution in [2.24, 2.45) is 16.7 Å². The van der Waals surface area contributed by atoms with E-state index in [4.69, 9.17) is 0 Å². The van der Waals surface area contributed by atoms with Gasteiger partial charge >= 0.3 is 0 Å². The zero-order chi connectivity index (χ0) is 18.3. The second kappa shape index (κ2) is 6.22. The zero-order valence-electron chi connectivity index (χ0n) is 14.8. The largest absolute Gasteiger partial charge is 0.294 e. The van der Waals surface area contributed by atoms with Gasteiger partial charge < -0.3 is 0 Å². The van der Waals surface area contributed by atoms with Crippen LogP contribution in [-0.2, 0) is 14.8 Å². The molecule has 1 aromatic carbocycles. The molecule has 4 nitrogen and oxygen atoms in total. The van der Waals surface area contributed by atoms with Crippen LogP contribution in [-0.4, -0.2) is 26.5 Å². The van der Waals surface area contributed by atoms with E-state index in [1.54, 1.807) is 0 Å². The fraction of sp³-hybridized carbons (Fsp3) is 0.450. The third-order valence-corrected chi connectivity index (χ3v) is 7.52. The van der Waals surface area contributed by atoms with Crippen LogP contribution in [0, 0.1) is 16.7 Å². The number of rotatable bonds is 6. The summed E-state index contributed by atoms with van der Waals surface area (Å²) in [5.74, 6) is -0.0427. The van der Waals surface area contributed by atoms with Gasteiger partial charge in [0.05, 0.1) is 11.2 Å². The Kier molecular flexibility index (Phi) is 4.50. The van der Waals surface area contributed by atoms with E-state index in [2.05, 4.69) is 11.3 Å². The van der Waals surface area contributed by atoms with Gasteiger partial charge in [-0.15, -0.1) is 6.58 Å². The van der Waals surface area contributed by atoms with Gasteiger partial charge in [0.25, 0.3) is 0 Å². The molecule has 2 bridgehead atoms. The Labute approximate surface area is 150 Å². The molecule has 0 aromatic heterocycles. The molecule has 2 aliphatic carbocycles. The normalized spacial score (nSPS) is 29.3. The van der Waals surface area contributed by atoms with E-state index < -0.39 is 15.4 Å². The van der Waals surface area contributed by atoms with Gasteiger partial charge in [0, 0.05) is 12.1 Å². The minimum atomic E-state index is -3.54. The third-order valence-electron chi connectivity index (χ3n) is 6.04. The smallest absolute Gasteiger partial charge is 0.212 e. The standard InChI is InChI=1S/C20H25NO3S/c1-4-12-21-25(23,24)14-20-11-10-17(19(20,2)3)16(18(20)22)13-15-8-6-5-7-9-15/h4-9,13,17,21H,1,10-12,14H2,2-3H3/b16-13-. The topological polar surface area (TPSA) is 63.2 Å². The summed E-state index contributed by atoms with van der Waals surface area (Å²) in [5, 5.41) is 0. The average molecular weight is 359 g/mol. The summed E-state index contributed by atoms with van der Waals surface area (Å²) in [4.78, 5) is 13.3. The van der Waals surface area contributed by atoms with Gasteiger partial charge in [-0.25, -0.2) is 13.1 Å². The molecule has 3 rings (SSSR count). The lowest BCUT2D eigenvalue weighted by molar-refractivity contribution is -0.125. The second-order valence-electron chi connectivity index (χ2n) is 7.63. The number of benzene rings is 1. The summed E-state index contributed by atoms with van der Waals surface area (Å²) in [7, 11) is -3.54. The van der Waals surface area contributed by atoms with Crippen LogP contribution >= 0.6 is 0 Å². The van der Waals surface area contributed by atoms with Crippen molar-refractivity contribution in [3.8, 4) is 0 Å². The van der Waals surface area contributed by atoms with Crippen LogP contribution in [0.25, 0.3) is 6.08 Å². The fourth-order valence-corrected chi connectivity index (χ4v) is 6.34. The van der Waals surface area contributed by atoms with Crippen LogP contribution in [0.2, 0.25) is 0 Å². The van der Waals surface area contributed by atoms with E-state index in [0.29, 0.717) is 6.42 Å². The number of Topliss-reactive ketones (excluding diaryl/α,β-unsaturated/α-hetero) is 1. The zero-order valence-corrected chi connectivity index (χ0v) is 15.6. The number of hydrogen-bond acceptors (Lipinski definition) is 3. The molecule has 0 radical (unpaired) electrons. The first-order valence-corrected chi connectivity index (χ1v) is 10.3. The molecule has 0 heterocycles. The maximum absolute atomic E-state index is 13.3. The fourth-order valence-electron chi connectivity index (χ4n) is 4.57. The van der Waals surface area contributed by atoms with Gasteiger partial charge in [-0.05, 0) is 35.8 Å². The molecule has 2 aliphatic rings. The molecule has 0 aliphatic heterocycles. The molecule has 25 heavy (non-hydrogen) atoms. The van der Waals surface area contributed by atoms with Gasteiger partial charge in [0.1, 0.15) is 0 Å². The van der Waals surface area contributed by atoms with E-state index in [9.17, 15) is 13.2 Å². The summed E-state index contributed by atoms with van der Waals surface area (Å²) in [6.45, 7) is 7.80. The van der Waals surface area contributed by atoms with Crippen LogP contribution in [0.4, 0.5) is 0 Å². The average Bonchev–Trinajstić information content (AvgIpc) is 2.89. The summed E-state index contributed by atoms with van der Waals surface area (Å²) in [6, 6.07) is 9.75. The Balaban J connectivity index is 1.99. The SMILES string of the molecule is C=CCNS(=O)(=O)CC12CCC(/C(=C/c3ccccc3)C1=O)C2(C)C. The maximum atomic E-state index is 13.3. The molecular formula is C20H25NO3S. The Morgan fingerprint density at radius 2 is 1.96 bits per heavy atom. The molecule has 2 saturated carbocycles. The number of carbonyl (C=O) groups is 1. The maximum Gasteiger partial charge on any atom is 0.212 e. The minimum Gasteiger partial charge on any atom is -0.294 e. The molecule has 0 saturated heterocycles. The number of sulfonamides is 1. The van der Waals surface area contributed by atoms with E-state index >= 15 is 0 Å². The van der Waals surface area contributed by atoms with Gasteiger partial charge in [0.2, 0.25) is 10.0 Å². The predicted molar refractivity (Wildman–Crippen MR) is 100 cm³/mol. The van der Waals surface area contributed by atoms with Crippen molar-refractivity contribution in [3.05, 3.63) is 54.1 Å². The molecule has 0 spiro atoms. The summed E-state index contributed by atoms with van der Waals surface area (Å²) in [5.41, 5.74) is 0.553. The molecule has 134 valence electrons. The van der Waals surface area contributed by atoms with Crippen molar-refractivity contribution < 1.29 is 13.2 Å². The highest BCUT2D eigenvalue weighted by Crippen LogP contribution is 2.66. The molecule has 5 heteroatoms. The van der Waals surface area contributed by atoms with Gasteiger partial charge in [-0.3, -0.25) is 4.79 Å². The minimum absolute atomic E-state index is 0.00146. The molecule has 0 amide bonds. The Morgan fingerprint density at radius 3 is 2.60 bits per heavy atom. The molecule has 1 aromatic rings. The Bertz CT molecular complexity index is 824. The monoisotopic (exact) mass is 359 g/mol. The van der Waals surface area contributed by atoms with Crippen LogP contribution in [0.1, 0.15) is 32.3 Å². The number of fused-ring (bicyclic) bond motifs is 2. The first-order chi connectivity index (χ1) is 11.7. The van der Waals surface area contributed by atoms with Crippen molar-refractivity contribution in [1.29, 1.82) is 0 Å². The van der Waals surface area contributed by atoms with Crippen LogP contribution in [0.3, 0.4) is 0 Å². The molecule has 2 atom stereocenters. The molecule has 1 N–H and O–H groups in total. The summed E-state index contributed by atoms with van der Waals surface area (Å²) in [6.07, 6.45) is 4.94. The molecule has 2 unspecified atom stereocenters. The highest BCUT2D eigenvalue weighted by atomic mass is 32.2. The third kappa shape index (κ3) is 2.89. The van der Waals surface area contributed by atoms with E-state index in [-0.39, 0.29) is 29.4 Å². The first kappa shape index (κ1) is 18.1. The molecular weight excluding hydrogens is 334 g/mol. The number of ketones is 1. The van der Waals surface area contributed by atoms with Crippen molar-refractivity contribution in [3.63, 3.8) is 0 Å². The van der Waals surface area contributed by atoms with Gasteiger partial charge in [-0.1, -0.05) is 50.3 Å². The number of carbonyl (C=O) groups excluding carboxylic acids is 1. The highest BCUT2D eigenvalue weighted by molar-refractivity contribution is 7.89. The Morgan fingerprint density at radius 1 is 1.28 bits per heavy atom. The van der Waals surface area contributed by atoms with Crippen LogP contribution < -0.4 is 4.72 Å². The van der Waals surface area contributed by atoms with Crippen LogP contribution in [0.15, 0.2) is 48.6 Å². The van der Waals surface area contributed by atoms with Gasteiger partial charge in [-0.2, -0.15) is 0 Å². The van der Waals surface area contributed by atoms with E-state index in [1.807, 2.05) is 50.3 Å². The lowest BCUT2D eigenvalue weighted by atomic mass is 9.70. The number of allylic oxidation sites excluding steroid dienone is 1. The van der Waals surface area contributed by atoms with Crippen molar-refractivity contribution in [1.82, 2.24) is 4.72 Å². The number of nitrogens with one attached hydrogen (secondary N) is 1. The van der Waals surface area contributed by atoms with E-state index in [0.717, 1.165) is 17.6 Å². The molecule has 2 fully saturated rings. The van der Waals surface area contributed by atoms with Crippen molar-refractivity contribution in [2.45, 2.75) is 26.7 Å². The lowest BCUT2D eigenvalue weighted by Gasteiger charge is -2.35. The predicted octanol–water partition coefficient (Wildman–Crippen LogP) is 3.18. The van der Waals surface area contributed by atoms with E-state index in [1.165, 1.54) is 6.08 Å². The lowest BCUT2D eigenvalue weighted by Crippen LogP contribution is -2.45. The summed E-state index contributed by atoms with van der Waals surface area (Å²) < 4.78 is 27.5. The van der Waals surface area contributed by atoms with Gasteiger partial charge in [0.15, 0.2) is 5.78 Å². The number of hydrogen-bond donors (Lipinski definition) is 1. The highest BCUT2D eigenvalue weighted by Gasteiger charge is 2.67. The Hall–Kier alpha value is -1.72. The first-order valence-electron chi connectivity index (χ1n) is 8.63. The summed E-state index contributed by atoms with van der Waals surface area (Å²) >= 11 is 0.